The Balaban J connectivity index is 1.20. The number of carbonyl (C=O) groups excluding carboxylic acids is 1. The summed E-state index contributed by atoms with van der Waals surface area (Å²) >= 11 is 1.59. The second-order valence-corrected chi connectivity index (χ2v) is 11.6. The fraction of sp³-hybridized carbons (Fsp3) is 0.267. The van der Waals surface area contributed by atoms with Crippen molar-refractivity contribution in [3.05, 3.63) is 77.7 Å². The summed E-state index contributed by atoms with van der Waals surface area (Å²) in [6, 6.07) is 15.9. The molecule has 0 bridgehead atoms. The SMILES string of the molecule is Cc1cn2c(-c3ccnc(N[C@@H]4CCCN(C(=O)Nc5ccc(N(C)C)cc5)C4)n3)c(-c3ccc(F)cc3)nc2s1. The molecule has 6 rings (SSSR count). The number of nitrogens with zero attached hydrogens (tertiary/aromatic N) is 6. The quantitative estimate of drug-likeness (QED) is 0.255. The van der Waals surface area contributed by atoms with E-state index in [1.165, 1.54) is 12.1 Å². The molecule has 2 aromatic carbocycles. The number of fused-ring (bicyclic) bond motifs is 1. The van der Waals surface area contributed by atoms with Gasteiger partial charge in [-0.1, -0.05) is 0 Å². The molecule has 0 spiro atoms. The lowest BCUT2D eigenvalue weighted by Crippen LogP contribution is -2.47. The van der Waals surface area contributed by atoms with Crippen molar-refractivity contribution < 1.29 is 9.18 Å². The maximum absolute atomic E-state index is 13.6. The van der Waals surface area contributed by atoms with Gasteiger partial charge in [0, 0.05) is 67.4 Å². The third-order valence-corrected chi connectivity index (χ3v) is 8.03. The van der Waals surface area contributed by atoms with E-state index in [0.29, 0.717) is 24.7 Å². The molecule has 1 aliphatic rings. The van der Waals surface area contributed by atoms with Crippen molar-refractivity contribution in [3.8, 4) is 22.6 Å². The molecular weight excluding hydrogens is 539 g/mol. The van der Waals surface area contributed by atoms with Gasteiger partial charge in [0.05, 0.1) is 11.4 Å². The van der Waals surface area contributed by atoms with E-state index < -0.39 is 0 Å². The van der Waals surface area contributed by atoms with Crippen LogP contribution in [-0.2, 0) is 0 Å². The van der Waals surface area contributed by atoms with Gasteiger partial charge in [0.1, 0.15) is 11.5 Å². The summed E-state index contributed by atoms with van der Waals surface area (Å²) < 4.78 is 15.7. The van der Waals surface area contributed by atoms with E-state index in [0.717, 1.165) is 51.0 Å². The number of hydrogen-bond donors (Lipinski definition) is 2. The third-order valence-electron chi connectivity index (χ3n) is 7.13. The van der Waals surface area contributed by atoms with Crippen LogP contribution >= 0.6 is 11.3 Å². The number of amides is 2. The molecule has 11 heteroatoms. The molecule has 1 fully saturated rings. The largest absolute Gasteiger partial charge is 0.378 e. The zero-order valence-electron chi connectivity index (χ0n) is 23.1. The molecule has 0 saturated carbocycles. The molecule has 5 aromatic rings. The molecule has 3 aromatic heterocycles. The highest BCUT2D eigenvalue weighted by atomic mass is 32.1. The number of hydrogen-bond acceptors (Lipinski definition) is 7. The summed E-state index contributed by atoms with van der Waals surface area (Å²) in [6.45, 7) is 3.27. The number of thiazole rings is 1. The number of urea groups is 1. The number of carbonyl (C=O) groups is 1. The fourth-order valence-corrected chi connectivity index (χ4v) is 5.90. The van der Waals surface area contributed by atoms with Crippen LogP contribution in [0, 0.1) is 12.7 Å². The van der Waals surface area contributed by atoms with E-state index >= 15 is 0 Å². The van der Waals surface area contributed by atoms with Crippen molar-refractivity contribution in [1.29, 1.82) is 0 Å². The summed E-state index contributed by atoms with van der Waals surface area (Å²) in [4.78, 5) is 33.0. The highest BCUT2D eigenvalue weighted by Crippen LogP contribution is 2.35. The van der Waals surface area contributed by atoms with Gasteiger partial charge in [-0.25, -0.2) is 24.1 Å². The van der Waals surface area contributed by atoms with Crippen molar-refractivity contribution >= 4 is 39.7 Å². The molecule has 210 valence electrons. The zero-order valence-corrected chi connectivity index (χ0v) is 24.0. The fourth-order valence-electron chi connectivity index (χ4n) is 5.08. The summed E-state index contributed by atoms with van der Waals surface area (Å²) in [5, 5.41) is 6.46. The minimum atomic E-state index is -0.293. The molecule has 1 saturated heterocycles. The monoisotopic (exact) mass is 570 g/mol. The maximum atomic E-state index is 13.6. The van der Waals surface area contributed by atoms with Crippen LogP contribution in [0.5, 0.6) is 0 Å². The molecule has 1 atom stereocenters. The van der Waals surface area contributed by atoms with Gasteiger partial charge in [0.15, 0.2) is 4.96 Å². The predicted octanol–water partition coefficient (Wildman–Crippen LogP) is 6.14. The molecule has 2 amide bonds. The van der Waals surface area contributed by atoms with E-state index in [2.05, 4.69) is 15.6 Å². The normalized spacial score (nSPS) is 15.2. The van der Waals surface area contributed by atoms with Crippen LogP contribution in [0.1, 0.15) is 17.7 Å². The number of rotatable bonds is 6. The number of piperidine rings is 1. The van der Waals surface area contributed by atoms with Gasteiger partial charge in [-0.15, -0.1) is 11.3 Å². The lowest BCUT2D eigenvalue weighted by Gasteiger charge is -2.33. The van der Waals surface area contributed by atoms with Gasteiger partial charge in [0.2, 0.25) is 5.95 Å². The first kappa shape index (κ1) is 26.7. The van der Waals surface area contributed by atoms with E-state index in [-0.39, 0.29) is 17.9 Å². The summed E-state index contributed by atoms with van der Waals surface area (Å²) in [5.41, 5.74) is 4.92. The molecular formula is C30H31FN8OS. The van der Waals surface area contributed by atoms with Gasteiger partial charge in [0.25, 0.3) is 0 Å². The standard InChI is InChI=1S/C30H31FN8OS/c1-19-17-39-27(26(36-30(39)41-19)20-6-8-21(31)9-7-20)25-14-15-32-28(35-25)33-23-5-4-16-38(18-23)29(40)34-22-10-12-24(13-11-22)37(2)3/h6-15,17,23H,4-5,16,18H2,1-3H3,(H,34,40)(H,32,33,35)/t23-/m1/s1. The summed E-state index contributed by atoms with van der Waals surface area (Å²) in [6.07, 6.45) is 5.53. The Morgan fingerprint density at radius 3 is 2.61 bits per heavy atom. The van der Waals surface area contributed by atoms with Crippen LogP contribution in [-0.4, -0.2) is 63.5 Å². The summed E-state index contributed by atoms with van der Waals surface area (Å²) in [5.74, 6) is 0.194. The predicted molar refractivity (Wildman–Crippen MR) is 162 cm³/mol. The number of imidazole rings is 1. The van der Waals surface area contributed by atoms with Crippen molar-refractivity contribution in [2.45, 2.75) is 25.8 Å². The number of aryl methyl sites for hydroxylation is 1. The van der Waals surface area contributed by atoms with E-state index in [1.54, 1.807) is 29.7 Å². The Labute approximate surface area is 241 Å². The van der Waals surface area contributed by atoms with Crippen molar-refractivity contribution in [2.24, 2.45) is 0 Å². The lowest BCUT2D eigenvalue weighted by molar-refractivity contribution is 0.196. The van der Waals surface area contributed by atoms with Crippen LogP contribution < -0.4 is 15.5 Å². The first-order valence-corrected chi connectivity index (χ1v) is 14.3. The minimum Gasteiger partial charge on any atom is -0.378 e. The van der Waals surface area contributed by atoms with Crippen LogP contribution in [0.3, 0.4) is 0 Å². The lowest BCUT2D eigenvalue weighted by atomic mass is 10.1. The Kier molecular flexibility index (Phi) is 7.27. The first-order valence-electron chi connectivity index (χ1n) is 13.5. The number of likely N-dealkylation sites (tertiary alicyclic amines) is 1. The Morgan fingerprint density at radius 1 is 1.07 bits per heavy atom. The maximum Gasteiger partial charge on any atom is 0.321 e. The zero-order chi connectivity index (χ0) is 28.5. The molecule has 41 heavy (non-hydrogen) atoms. The molecule has 4 heterocycles. The molecule has 0 radical (unpaired) electrons. The number of anilines is 3. The van der Waals surface area contributed by atoms with E-state index in [9.17, 15) is 9.18 Å². The van der Waals surface area contributed by atoms with Gasteiger partial charge >= 0.3 is 6.03 Å². The number of benzene rings is 2. The van der Waals surface area contributed by atoms with Crippen molar-refractivity contribution in [2.75, 3.05) is 42.7 Å². The second kappa shape index (κ2) is 11.2. The number of aromatic nitrogens is 4. The minimum absolute atomic E-state index is 0.00582. The Morgan fingerprint density at radius 2 is 1.85 bits per heavy atom. The van der Waals surface area contributed by atoms with Gasteiger partial charge < -0.3 is 20.4 Å². The highest BCUT2D eigenvalue weighted by Gasteiger charge is 2.25. The average molecular weight is 571 g/mol. The van der Waals surface area contributed by atoms with Crippen LogP contribution in [0.25, 0.3) is 27.6 Å². The van der Waals surface area contributed by atoms with E-state index in [1.807, 2.05) is 71.7 Å². The van der Waals surface area contributed by atoms with Crippen LogP contribution in [0.15, 0.2) is 67.0 Å². The smallest absolute Gasteiger partial charge is 0.321 e. The Bertz CT molecular complexity index is 1680. The molecule has 0 aliphatic carbocycles. The Hall–Kier alpha value is -4.51. The van der Waals surface area contributed by atoms with Crippen molar-refractivity contribution in [1.82, 2.24) is 24.3 Å². The molecule has 9 nitrogen and oxygen atoms in total. The third kappa shape index (κ3) is 5.71. The highest BCUT2D eigenvalue weighted by molar-refractivity contribution is 7.17. The van der Waals surface area contributed by atoms with Gasteiger partial charge in [-0.05, 0) is 74.4 Å². The van der Waals surface area contributed by atoms with Crippen molar-refractivity contribution in [3.63, 3.8) is 0 Å². The van der Waals surface area contributed by atoms with Crippen LogP contribution in [0.4, 0.5) is 26.5 Å². The molecule has 0 unspecified atom stereocenters. The van der Waals surface area contributed by atoms with E-state index in [4.69, 9.17) is 9.97 Å². The average Bonchev–Trinajstić information content (AvgIpc) is 3.50. The topological polar surface area (TPSA) is 90.7 Å². The molecule has 2 N–H and O–H groups in total. The van der Waals surface area contributed by atoms with Crippen LogP contribution in [0.2, 0.25) is 0 Å². The van der Waals surface area contributed by atoms with Gasteiger partial charge in [-0.2, -0.15) is 0 Å². The molecule has 1 aliphatic heterocycles. The second-order valence-electron chi connectivity index (χ2n) is 10.4. The number of nitrogens with one attached hydrogen (secondary N) is 2. The number of halogens is 1. The van der Waals surface area contributed by atoms with Gasteiger partial charge in [-0.3, -0.25) is 4.40 Å². The first-order chi connectivity index (χ1) is 19.8. The summed E-state index contributed by atoms with van der Waals surface area (Å²) in [7, 11) is 3.97.